The van der Waals surface area contributed by atoms with Crippen molar-refractivity contribution in [2.75, 3.05) is 13.1 Å². The van der Waals surface area contributed by atoms with Crippen LogP contribution in [0.15, 0.2) is 54.6 Å². The highest BCUT2D eigenvalue weighted by molar-refractivity contribution is 7.52. The van der Waals surface area contributed by atoms with Crippen molar-refractivity contribution in [3.63, 3.8) is 0 Å². The standard InChI is InChI=1S/C24H32N3O6P.ClH/c25-15-6-2-5-14-22(34(30,31)32)26-23(28)21-13-8-16-27(21)24(29)18-9-7-12-20(17-18)33-19-10-3-1-4-11-19;/h1,3-4,7,9-12,17,21-22H,2,5-6,8,13-16,25H2,(H,26,28)(H2,30,31,32);1H/t21-,22?;/m0./s1. The number of unbranched alkanes of at least 4 members (excludes halogenated alkanes) is 2. The summed E-state index contributed by atoms with van der Waals surface area (Å²) in [6, 6.07) is 15.1. The van der Waals surface area contributed by atoms with Gasteiger partial charge in [0.1, 0.15) is 23.3 Å². The van der Waals surface area contributed by atoms with E-state index < -0.39 is 25.3 Å². The molecular weight excluding hydrogens is 493 g/mol. The Labute approximate surface area is 211 Å². The Hall–Kier alpha value is -2.42. The molecule has 0 saturated carbocycles. The van der Waals surface area contributed by atoms with Gasteiger partial charge < -0.3 is 30.5 Å². The maximum atomic E-state index is 13.2. The third-order valence-electron chi connectivity index (χ3n) is 5.77. The molecule has 9 nitrogen and oxygen atoms in total. The SMILES string of the molecule is Cl.NCCCCCC(NC(=O)[C@@H]1CCCN1C(=O)c1cccc(Oc2ccccc2)c1)P(=O)(O)O. The summed E-state index contributed by atoms with van der Waals surface area (Å²) in [5, 5.41) is 2.50. The summed E-state index contributed by atoms with van der Waals surface area (Å²) in [6.07, 6.45) is 3.21. The third-order valence-corrected chi connectivity index (χ3v) is 6.97. The fourth-order valence-corrected chi connectivity index (χ4v) is 4.82. The maximum Gasteiger partial charge on any atom is 0.347 e. The minimum Gasteiger partial charge on any atom is -0.457 e. The number of hydrogen-bond acceptors (Lipinski definition) is 5. The van der Waals surface area contributed by atoms with Gasteiger partial charge in [0.2, 0.25) is 5.91 Å². The van der Waals surface area contributed by atoms with Gasteiger partial charge in [-0.05, 0) is 62.6 Å². The predicted molar refractivity (Wildman–Crippen MR) is 136 cm³/mol. The van der Waals surface area contributed by atoms with Gasteiger partial charge in [-0.3, -0.25) is 14.2 Å². The van der Waals surface area contributed by atoms with E-state index in [1.165, 1.54) is 4.90 Å². The van der Waals surface area contributed by atoms with Crippen LogP contribution >= 0.6 is 20.0 Å². The van der Waals surface area contributed by atoms with Crippen LogP contribution < -0.4 is 15.8 Å². The molecule has 1 saturated heterocycles. The van der Waals surface area contributed by atoms with Gasteiger partial charge in [-0.1, -0.05) is 37.1 Å². The number of nitrogens with zero attached hydrogens (tertiary/aromatic N) is 1. The molecular formula is C24H33ClN3O6P. The van der Waals surface area contributed by atoms with Crippen molar-refractivity contribution in [2.45, 2.75) is 50.3 Å². The van der Waals surface area contributed by atoms with Gasteiger partial charge in [0, 0.05) is 12.1 Å². The number of hydrogen-bond donors (Lipinski definition) is 4. The number of para-hydroxylation sites is 1. The Morgan fingerprint density at radius 1 is 1.09 bits per heavy atom. The molecule has 0 bridgehead atoms. The van der Waals surface area contributed by atoms with Crippen LogP contribution in [0.5, 0.6) is 11.5 Å². The molecule has 5 N–H and O–H groups in total. The van der Waals surface area contributed by atoms with Crippen molar-refractivity contribution < 1.29 is 28.7 Å². The third kappa shape index (κ3) is 8.33. The molecule has 1 aliphatic heterocycles. The lowest BCUT2D eigenvalue weighted by Crippen LogP contribution is -2.48. The van der Waals surface area contributed by atoms with Crippen LogP contribution in [0, 0.1) is 0 Å². The molecule has 2 aromatic rings. The van der Waals surface area contributed by atoms with Gasteiger partial charge in [-0.25, -0.2) is 0 Å². The lowest BCUT2D eigenvalue weighted by Gasteiger charge is -2.27. The van der Waals surface area contributed by atoms with Gasteiger partial charge in [-0.15, -0.1) is 12.4 Å². The van der Waals surface area contributed by atoms with Gasteiger partial charge in [0.05, 0.1) is 0 Å². The fourth-order valence-electron chi connectivity index (χ4n) is 4.01. The molecule has 1 unspecified atom stereocenters. The van der Waals surface area contributed by atoms with E-state index in [1.807, 2.05) is 30.3 Å². The molecule has 1 aliphatic rings. The molecule has 192 valence electrons. The number of rotatable bonds is 11. The zero-order valence-electron chi connectivity index (χ0n) is 19.4. The summed E-state index contributed by atoms with van der Waals surface area (Å²) >= 11 is 0. The van der Waals surface area contributed by atoms with Crippen LogP contribution in [-0.2, 0) is 9.36 Å². The van der Waals surface area contributed by atoms with Crippen LogP contribution in [-0.4, -0.2) is 51.4 Å². The van der Waals surface area contributed by atoms with Crippen molar-refractivity contribution in [3.05, 3.63) is 60.2 Å². The van der Waals surface area contributed by atoms with E-state index in [9.17, 15) is 23.9 Å². The Bertz CT molecular complexity index is 1020. The molecule has 0 spiro atoms. The quantitative estimate of drug-likeness (QED) is 0.259. The number of benzene rings is 2. The molecule has 35 heavy (non-hydrogen) atoms. The van der Waals surface area contributed by atoms with E-state index >= 15 is 0 Å². The number of nitrogens with two attached hydrogens (primary N) is 1. The largest absolute Gasteiger partial charge is 0.457 e. The van der Waals surface area contributed by atoms with Crippen molar-refractivity contribution in [1.29, 1.82) is 0 Å². The first-order valence-corrected chi connectivity index (χ1v) is 13.2. The summed E-state index contributed by atoms with van der Waals surface area (Å²) < 4.78 is 17.7. The van der Waals surface area contributed by atoms with Crippen LogP contribution in [0.25, 0.3) is 0 Å². The second-order valence-corrected chi connectivity index (χ2v) is 10.2. The molecule has 2 amide bonds. The topological polar surface area (TPSA) is 142 Å². The number of amides is 2. The second kappa shape index (κ2) is 13.6. The molecule has 0 radical (unpaired) electrons. The average molecular weight is 526 g/mol. The zero-order chi connectivity index (χ0) is 24.6. The van der Waals surface area contributed by atoms with E-state index in [-0.39, 0.29) is 24.7 Å². The van der Waals surface area contributed by atoms with E-state index in [1.54, 1.807) is 24.3 Å². The summed E-state index contributed by atoms with van der Waals surface area (Å²) in [5.74, 6) is -1.02. The van der Waals surface area contributed by atoms with Crippen LogP contribution in [0.2, 0.25) is 0 Å². The highest BCUT2D eigenvalue weighted by Gasteiger charge is 2.38. The smallest absolute Gasteiger partial charge is 0.347 e. The first kappa shape index (κ1) is 28.8. The minimum atomic E-state index is -4.54. The maximum absolute atomic E-state index is 13.2. The molecule has 3 rings (SSSR count). The van der Waals surface area contributed by atoms with Crippen LogP contribution in [0.1, 0.15) is 48.9 Å². The second-order valence-electron chi connectivity index (χ2n) is 8.35. The van der Waals surface area contributed by atoms with Crippen LogP contribution in [0.3, 0.4) is 0 Å². The molecule has 1 fully saturated rings. The fraction of sp³-hybridized carbons (Fsp3) is 0.417. The number of carbonyl (C=O) groups excluding carboxylic acids is 2. The number of nitrogens with one attached hydrogen (secondary N) is 1. The Balaban J connectivity index is 0.00000432. The van der Waals surface area contributed by atoms with Gasteiger partial charge in [0.25, 0.3) is 5.91 Å². The molecule has 0 aromatic heterocycles. The van der Waals surface area contributed by atoms with E-state index in [0.29, 0.717) is 49.4 Å². The number of carbonyl (C=O) groups is 2. The summed E-state index contributed by atoms with van der Waals surface area (Å²) in [6.45, 7) is 0.890. The molecule has 0 aliphatic carbocycles. The monoisotopic (exact) mass is 525 g/mol. The Morgan fingerprint density at radius 2 is 1.80 bits per heavy atom. The summed E-state index contributed by atoms with van der Waals surface area (Å²) in [4.78, 5) is 47.0. The normalized spacial score (nSPS) is 16.3. The lowest BCUT2D eigenvalue weighted by molar-refractivity contribution is -0.125. The van der Waals surface area contributed by atoms with Gasteiger partial charge >= 0.3 is 7.60 Å². The predicted octanol–water partition coefficient (Wildman–Crippen LogP) is 3.64. The average Bonchev–Trinajstić information content (AvgIpc) is 3.31. The Kier molecular flexibility index (Phi) is 11.2. The van der Waals surface area contributed by atoms with Crippen molar-refractivity contribution in [2.24, 2.45) is 5.73 Å². The number of likely N-dealkylation sites (tertiary alicyclic amines) is 1. The first-order valence-electron chi connectivity index (χ1n) is 11.5. The summed E-state index contributed by atoms with van der Waals surface area (Å²) in [5.41, 5.74) is 5.84. The molecule has 2 atom stereocenters. The number of halogens is 1. The highest BCUT2D eigenvalue weighted by atomic mass is 35.5. The van der Waals surface area contributed by atoms with Gasteiger partial charge in [0.15, 0.2) is 0 Å². The Morgan fingerprint density at radius 3 is 2.49 bits per heavy atom. The lowest BCUT2D eigenvalue weighted by atomic mass is 10.1. The van der Waals surface area contributed by atoms with E-state index in [4.69, 9.17) is 10.5 Å². The number of ether oxygens (including phenoxy) is 1. The van der Waals surface area contributed by atoms with Crippen molar-refractivity contribution in [3.8, 4) is 11.5 Å². The summed E-state index contributed by atoms with van der Waals surface area (Å²) in [7, 11) is -4.54. The first-order chi connectivity index (χ1) is 16.3. The minimum absolute atomic E-state index is 0. The zero-order valence-corrected chi connectivity index (χ0v) is 21.1. The van der Waals surface area contributed by atoms with Crippen molar-refractivity contribution >= 4 is 31.8 Å². The van der Waals surface area contributed by atoms with E-state index in [2.05, 4.69) is 5.32 Å². The molecule has 11 heteroatoms. The van der Waals surface area contributed by atoms with Gasteiger partial charge in [-0.2, -0.15) is 0 Å². The molecule has 2 aromatic carbocycles. The van der Waals surface area contributed by atoms with E-state index in [0.717, 1.165) is 12.8 Å². The highest BCUT2D eigenvalue weighted by Crippen LogP contribution is 2.42. The van der Waals surface area contributed by atoms with Crippen LogP contribution in [0.4, 0.5) is 0 Å². The molecule has 1 heterocycles. The van der Waals surface area contributed by atoms with Crippen molar-refractivity contribution in [1.82, 2.24) is 10.2 Å².